The molecule has 0 bridgehead atoms. The molecule has 27 heavy (non-hydrogen) atoms. The first-order valence-corrected chi connectivity index (χ1v) is 9.00. The van der Waals surface area contributed by atoms with Crippen molar-refractivity contribution in [1.29, 1.82) is 0 Å². The maximum atomic E-state index is 4.06. The van der Waals surface area contributed by atoms with E-state index in [0.717, 1.165) is 11.0 Å². The fraction of sp³-hybridized carbons (Fsp3) is 0. The number of hydrogen-bond acceptors (Lipinski definition) is 1. The van der Waals surface area contributed by atoms with E-state index in [1.165, 1.54) is 22.3 Å². The van der Waals surface area contributed by atoms with E-state index in [1.54, 1.807) is 6.33 Å². The highest BCUT2D eigenvalue weighted by atomic mass is 14.9. The number of H-pyrrole nitrogens is 1. The molecule has 0 aliphatic rings. The Morgan fingerprint density at radius 3 is 1.52 bits per heavy atom. The number of fused-ring (bicyclic) bond motifs is 1. The molecular weight excluding hydrogens is 328 g/mol. The molecular formula is C25H20N2. The third kappa shape index (κ3) is 3.96. The van der Waals surface area contributed by atoms with Crippen molar-refractivity contribution in [3.05, 3.63) is 116 Å². The van der Waals surface area contributed by atoms with Gasteiger partial charge in [0.15, 0.2) is 0 Å². The van der Waals surface area contributed by atoms with Gasteiger partial charge in [0.2, 0.25) is 0 Å². The lowest BCUT2D eigenvalue weighted by Crippen LogP contribution is -1.83. The highest BCUT2D eigenvalue weighted by molar-refractivity contribution is 5.83. The Bertz CT molecular complexity index is 1020. The van der Waals surface area contributed by atoms with Gasteiger partial charge in [-0.2, -0.15) is 0 Å². The lowest BCUT2D eigenvalue weighted by atomic mass is 9.95. The minimum absolute atomic E-state index is 1.03. The fourth-order valence-electron chi connectivity index (χ4n) is 3.10. The van der Waals surface area contributed by atoms with E-state index in [2.05, 4.69) is 94.9 Å². The Morgan fingerprint density at radius 1 is 0.481 bits per heavy atom. The van der Waals surface area contributed by atoms with Gasteiger partial charge in [-0.05, 0) is 34.4 Å². The zero-order chi connectivity index (χ0) is 18.3. The molecule has 4 aromatic carbocycles. The minimum Gasteiger partial charge on any atom is -0.345 e. The summed E-state index contributed by atoms with van der Waals surface area (Å²) in [5, 5.41) is 0. The van der Waals surface area contributed by atoms with Crippen LogP contribution in [0.25, 0.3) is 33.3 Å². The van der Waals surface area contributed by atoms with Crippen LogP contribution in [-0.4, -0.2) is 9.97 Å². The molecule has 2 nitrogen and oxygen atoms in total. The van der Waals surface area contributed by atoms with Gasteiger partial charge in [0.25, 0.3) is 0 Å². The predicted molar refractivity (Wildman–Crippen MR) is 113 cm³/mol. The number of aromatic nitrogens is 2. The second-order valence-electron chi connectivity index (χ2n) is 6.20. The van der Waals surface area contributed by atoms with Gasteiger partial charge in [-0.25, -0.2) is 4.98 Å². The first kappa shape index (κ1) is 16.8. The summed E-state index contributed by atoms with van der Waals surface area (Å²) < 4.78 is 0. The van der Waals surface area contributed by atoms with E-state index in [1.807, 2.05) is 24.3 Å². The van der Waals surface area contributed by atoms with Crippen LogP contribution in [0, 0.1) is 0 Å². The number of para-hydroxylation sites is 2. The van der Waals surface area contributed by atoms with Crippen LogP contribution >= 0.6 is 0 Å². The van der Waals surface area contributed by atoms with Crippen LogP contribution in [0.4, 0.5) is 0 Å². The van der Waals surface area contributed by atoms with E-state index in [0.29, 0.717) is 0 Å². The number of rotatable bonds is 2. The largest absolute Gasteiger partial charge is 0.345 e. The molecule has 0 fully saturated rings. The van der Waals surface area contributed by atoms with Crippen molar-refractivity contribution in [3.63, 3.8) is 0 Å². The van der Waals surface area contributed by atoms with Crippen LogP contribution in [0.2, 0.25) is 0 Å². The molecule has 0 radical (unpaired) electrons. The first-order chi connectivity index (χ1) is 13.4. The lowest BCUT2D eigenvalue weighted by Gasteiger charge is -2.09. The summed E-state index contributed by atoms with van der Waals surface area (Å²) >= 11 is 0. The van der Waals surface area contributed by atoms with Gasteiger partial charge in [0, 0.05) is 0 Å². The quantitative estimate of drug-likeness (QED) is 0.383. The van der Waals surface area contributed by atoms with Crippen LogP contribution in [0.3, 0.4) is 0 Å². The monoisotopic (exact) mass is 348 g/mol. The molecule has 5 rings (SSSR count). The molecule has 1 aromatic heterocycles. The molecule has 1 heterocycles. The normalized spacial score (nSPS) is 10.2. The summed E-state index contributed by atoms with van der Waals surface area (Å²) in [5.74, 6) is 0. The van der Waals surface area contributed by atoms with Crippen molar-refractivity contribution >= 4 is 11.0 Å². The molecule has 0 saturated heterocycles. The SMILES string of the molecule is c1ccc(-c2ccccc2-c2ccccc2)cc1.c1ccc2[nH]cnc2c1. The molecule has 0 saturated carbocycles. The van der Waals surface area contributed by atoms with Crippen molar-refractivity contribution in [2.75, 3.05) is 0 Å². The summed E-state index contributed by atoms with van der Waals surface area (Å²) in [6, 6.07) is 37.5. The van der Waals surface area contributed by atoms with Crippen LogP contribution in [0.1, 0.15) is 0 Å². The molecule has 1 N–H and O–H groups in total. The van der Waals surface area contributed by atoms with Gasteiger partial charge in [-0.3, -0.25) is 0 Å². The average molecular weight is 348 g/mol. The van der Waals surface area contributed by atoms with Gasteiger partial charge in [0.1, 0.15) is 0 Å². The van der Waals surface area contributed by atoms with Crippen molar-refractivity contribution in [2.24, 2.45) is 0 Å². The number of nitrogens with zero attached hydrogens (tertiary/aromatic N) is 1. The van der Waals surface area contributed by atoms with E-state index in [4.69, 9.17) is 0 Å². The zero-order valence-corrected chi connectivity index (χ0v) is 14.9. The molecule has 0 amide bonds. The van der Waals surface area contributed by atoms with Crippen LogP contribution in [0.5, 0.6) is 0 Å². The summed E-state index contributed by atoms with van der Waals surface area (Å²) in [7, 11) is 0. The van der Waals surface area contributed by atoms with Gasteiger partial charge in [0.05, 0.1) is 17.4 Å². The molecule has 0 unspecified atom stereocenters. The second kappa shape index (κ2) is 8.15. The molecule has 0 aliphatic carbocycles. The number of benzene rings is 4. The predicted octanol–water partition coefficient (Wildman–Crippen LogP) is 6.58. The molecule has 0 atom stereocenters. The highest BCUT2D eigenvalue weighted by Gasteiger charge is 2.05. The maximum Gasteiger partial charge on any atom is 0.0931 e. The highest BCUT2D eigenvalue weighted by Crippen LogP contribution is 2.31. The fourth-order valence-corrected chi connectivity index (χ4v) is 3.10. The van der Waals surface area contributed by atoms with Gasteiger partial charge < -0.3 is 4.98 Å². The van der Waals surface area contributed by atoms with Crippen LogP contribution in [0.15, 0.2) is 116 Å². The average Bonchev–Trinajstić information content (AvgIpc) is 3.24. The lowest BCUT2D eigenvalue weighted by molar-refractivity contribution is 1.34. The Kier molecular flexibility index (Phi) is 5.07. The molecule has 2 heteroatoms. The molecule has 0 aliphatic heterocycles. The molecule has 5 aromatic rings. The smallest absolute Gasteiger partial charge is 0.0931 e. The van der Waals surface area contributed by atoms with E-state index in [9.17, 15) is 0 Å². The van der Waals surface area contributed by atoms with Gasteiger partial charge >= 0.3 is 0 Å². The third-order valence-corrected chi connectivity index (χ3v) is 4.42. The van der Waals surface area contributed by atoms with Crippen LogP contribution in [-0.2, 0) is 0 Å². The summed E-state index contributed by atoms with van der Waals surface area (Å²) in [6.45, 7) is 0. The summed E-state index contributed by atoms with van der Waals surface area (Å²) in [6.07, 6.45) is 1.70. The Balaban J connectivity index is 0.000000167. The van der Waals surface area contributed by atoms with E-state index in [-0.39, 0.29) is 0 Å². The van der Waals surface area contributed by atoms with Crippen LogP contribution < -0.4 is 0 Å². The van der Waals surface area contributed by atoms with E-state index >= 15 is 0 Å². The molecule has 0 spiro atoms. The topological polar surface area (TPSA) is 28.7 Å². The number of hydrogen-bond donors (Lipinski definition) is 1. The Morgan fingerprint density at radius 2 is 0.963 bits per heavy atom. The number of nitrogens with one attached hydrogen (secondary N) is 1. The van der Waals surface area contributed by atoms with E-state index < -0.39 is 0 Å². The first-order valence-electron chi connectivity index (χ1n) is 9.00. The van der Waals surface area contributed by atoms with Crippen molar-refractivity contribution in [3.8, 4) is 22.3 Å². The Labute approximate surface area is 159 Å². The third-order valence-electron chi connectivity index (χ3n) is 4.42. The summed E-state index contributed by atoms with van der Waals surface area (Å²) in [5.41, 5.74) is 7.21. The molecule has 130 valence electrons. The van der Waals surface area contributed by atoms with Crippen molar-refractivity contribution < 1.29 is 0 Å². The van der Waals surface area contributed by atoms with Crippen molar-refractivity contribution in [2.45, 2.75) is 0 Å². The summed E-state index contributed by atoms with van der Waals surface area (Å²) in [4.78, 5) is 7.07. The van der Waals surface area contributed by atoms with Gasteiger partial charge in [-0.1, -0.05) is 97.1 Å². The second-order valence-corrected chi connectivity index (χ2v) is 6.20. The number of aromatic amines is 1. The van der Waals surface area contributed by atoms with Gasteiger partial charge in [-0.15, -0.1) is 0 Å². The number of imidazole rings is 1. The zero-order valence-electron chi connectivity index (χ0n) is 14.9. The standard InChI is InChI=1S/C18H14.C7H6N2/c1-3-9-15(10-4-1)17-13-7-8-14-18(17)16-11-5-2-6-12-16;1-2-4-7-6(3-1)8-5-9-7/h1-14H;1-5H,(H,8,9). The minimum atomic E-state index is 1.03. The van der Waals surface area contributed by atoms with Crippen molar-refractivity contribution in [1.82, 2.24) is 9.97 Å². The Hall–Kier alpha value is -3.65. The maximum absolute atomic E-state index is 4.06.